The minimum atomic E-state index is -1.06. The van der Waals surface area contributed by atoms with Crippen molar-refractivity contribution in [1.82, 2.24) is 0 Å². The van der Waals surface area contributed by atoms with E-state index in [0.717, 1.165) is 22.3 Å². The molecule has 0 amide bonds. The van der Waals surface area contributed by atoms with E-state index in [1.54, 1.807) is 0 Å². The van der Waals surface area contributed by atoms with Gasteiger partial charge in [0.25, 0.3) is 0 Å². The second-order valence-corrected chi connectivity index (χ2v) is 22.0. The maximum atomic E-state index is 4.20. The van der Waals surface area contributed by atoms with Crippen LogP contribution in [0.5, 0.6) is 0 Å². The van der Waals surface area contributed by atoms with Gasteiger partial charge in [0.05, 0.1) is 22.6 Å². The molecule has 8 aromatic carbocycles. The van der Waals surface area contributed by atoms with Gasteiger partial charge in [-0.2, -0.15) is 0 Å². The predicted molar refractivity (Wildman–Crippen MR) is 288 cm³/mol. The Kier molecular flexibility index (Phi) is 22.0. The summed E-state index contributed by atoms with van der Waals surface area (Å²) in [6.07, 6.45) is 6.92. The first-order valence-electron chi connectivity index (χ1n) is 22.0. The van der Waals surface area contributed by atoms with E-state index in [-0.39, 0.29) is 0 Å². The second-order valence-electron chi connectivity index (χ2n) is 15.2. The Morgan fingerprint density at radius 2 is 0.554 bits per heavy atom. The molecule has 9 rings (SSSR count). The topological polar surface area (TPSA) is 0 Å². The number of hydrogen-bond acceptors (Lipinski definition) is 0. The van der Waals surface area contributed by atoms with Crippen molar-refractivity contribution in [3.8, 4) is 34.7 Å². The number of rotatable bonds is 6. The molecule has 0 aromatic heterocycles. The Bertz CT molecular complexity index is 2490. The summed E-state index contributed by atoms with van der Waals surface area (Å²) in [5.41, 5.74) is 14.8. The van der Waals surface area contributed by atoms with Crippen molar-refractivity contribution in [2.45, 2.75) is 37.8 Å². The molecule has 65 heavy (non-hydrogen) atoms. The summed E-state index contributed by atoms with van der Waals surface area (Å²) in [4.78, 5) is 0. The number of halogens is 1. The van der Waals surface area contributed by atoms with Gasteiger partial charge in [-0.15, -0.1) is 0 Å². The van der Waals surface area contributed by atoms with E-state index >= 15 is 0 Å². The average Bonchev–Trinajstić information content (AvgIpc) is 3.40. The van der Waals surface area contributed by atoms with Gasteiger partial charge in [0.2, 0.25) is 0 Å². The molecule has 1 fully saturated rings. The Balaban J connectivity index is 0.000000158. The quantitative estimate of drug-likeness (QED) is 0.0885. The molecule has 1 atom stereocenters. The number of hydrogen-bond donors (Lipinski definition) is 0. The molecule has 1 aliphatic rings. The average molecular weight is 967 g/mol. The van der Waals surface area contributed by atoms with Crippen LogP contribution in [0, 0.1) is 34.7 Å². The third-order valence-electron chi connectivity index (χ3n) is 10.7. The van der Waals surface area contributed by atoms with Crippen LogP contribution in [0.15, 0.2) is 243 Å². The zero-order chi connectivity index (χ0) is 45.0. The number of benzene rings is 8. The van der Waals surface area contributed by atoms with Gasteiger partial charge in [-0.25, -0.2) is 0 Å². The van der Waals surface area contributed by atoms with Gasteiger partial charge in [0, 0.05) is 16.7 Å². The second kappa shape index (κ2) is 29.2. The van der Waals surface area contributed by atoms with Crippen molar-refractivity contribution in [2.24, 2.45) is 0 Å². The molecule has 0 bridgehead atoms. The van der Waals surface area contributed by atoms with Gasteiger partial charge in [0.1, 0.15) is 50.3 Å². The molecule has 0 saturated heterocycles. The molecule has 1 unspecified atom stereocenters. The van der Waals surface area contributed by atoms with E-state index in [1.165, 1.54) is 58.6 Å². The van der Waals surface area contributed by atoms with Crippen LogP contribution in [0.2, 0.25) is 0 Å². The van der Waals surface area contributed by atoms with E-state index in [9.17, 15) is 0 Å². The molecule has 0 spiro atoms. The fourth-order valence-corrected chi connectivity index (χ4v) is 14.0. The zero-order valence-corrected chi connectivity index (χ0v) is 41.1. The SMILES string of the molecule is C(#C[PH+](c1ccccc1)C1CCCCC1)c1ccccc1.C(#C[PH+](c1ccccc1)c1ccccc1)c1ccccc1.C(#C[PH+](c1ccccc1)c1ccccc1)c1ccccc1.[Cl][Cu]. The van der Waals surface area contributed by atoms with Crippen LogP contribution in [-0.4, -0.2) is 5.66 Å². The molecule has 5 heteroatoms. The van der Waals surface area contributed by atoms with Gasteiger partial charge >= 0.3 is 25.2 Å². The Hall–Kier alpha value is -5.46. The monoisotopic (exact) mass is 965 g/mol. The summed E-state index contributed by atoms with van der Waals surface area (Å²) >= 11 is 3.66. The van der Waals surface area contributed by atoms with Crippen LogP contribution in [-0.2, 0) is 15.1 Å². The van der Waals surface area contributed by atoms with E-state index in [1.807, 2.05) is 36.4 Å². The molecular weight excluding hydrogens is 913 g/mol. The summed E-state index contributed by atoms with van der Waals surface area (Å²) < 4.78 is 0. The fraction of sp³-hybridized carbons (Fsp3) is 0.100. The van der Waals surface area contributed by atoms with Gasteiger partial charge in [0.15, 0.2) is 0 Å². The van der Waals surface area contributed by atoms with Gasteiger partial charge in [-0.3, -0.25) is 0 Å². The molecule has 0 nitrogen and oxygen atoms in total. The van der Waals surface area contributed by atoms with E-state index < -0.39 is 23.8 Å². The van der Waals surface area contributed by atoms with Crippen LogP contribution in [0.3, 0.4) is 0 Å². The third kappa shape index (κ3) is 16.8. The molecule has 0 radical (unpaired) electrons. The van der Waals surface area contributed by atoms with Crippen molar-refractivity contribution in [2.75, 3.05) is 0 Å². The van der Waals surface area contributed by atoms with Crippen LogP contribution in [0.25, 0.3) is 0 Å². The molecule has 324 valence electrons. The molecule has 1 aliphatic carbocycles. The molecular formula is C60H54ClCuP3+3. The van der Waals surface area contributed by atoms with Crippen LogP contribution in [0.4, 0.5) is 0 Å². The Morgan fingerprint density at radius 3 is 0.846 bits per heavy atom. The van der Waals surface area contributed by atoms with Crippen molar-refractivity contribution < 1.29 is 15.1 Å². The minimum absolute atomic E-state index is 0.782. The van der Waals surface area contributed by atoms with Crippen molar-refractivity contribution in [3.05, 3.63) is 259 Å². The van der Waals surface area contributed by atoms with Crippen molar-refractivity contribution in [3.63, 3.8) is 0 Å². The molecule has 0 heterocycles. The third-order valence-corrected chi connectivity index (χ3v) is 17.8. The normalized spacial score (nSPS) is 12.0. The standard InChI is InChI=1S/C20H21P.2C20H15P.ClH.Cu/c3*1-4-10-18(11-5-1)16-17-21(19-12-6-2-7-13-19)20-14-8-3-9-15-20;;/h1-2,4-7,10-13,20H,3,8-9,14-15H2;2*1-15H;1H;/q;;;;+1/p+2. The summed E-state index contributed by atoms with van der Waals surface area (Å²) in [5.74, 6) is 10.1. The van der Waals surface area contributed by atoms with E-state index in [0.29, 0.717) is 0 Å². The first kappa shape index (κ1) is 49.0. The van der Waals surface area contributed by atoms with Gasteiger partial charge < -0.3 is 0 Å². The Labute approximate surface area is 404 Å². The zero-order valence-electron chi connectivity index (χ0n) is 36.4. The van der Waals surface area contributed by atoms with E-state index in [2.05, 4.69) is 266 Å². The predicted octanol–water partition coefficient (Wildman–Crippen LogP) is 13.3. The van der Waals surface area contributed by atoms with Crippen molar-refractivity contribution >= 4 is 60.4 Å². The maximum absolute atomic E-state index is 4.20. The molecule has 1 saturated carbocycles. The van der Waals surface area contributed by atoms with E-state index in [4.69, 9.17) is 0 Å². The summed E-state index contributed by atoms with van der Waals surface area (Å²) in [5, 5.41) is 6.81. The van der Waals surface area contributed by atoms with Crippen LogP contribution >= 0.6 is 33.9 Å². The summed E-state index contributed by atoms with van der Waals surface area (Å²) in [6, 6.07) is 84.2. The summed E-state index contributed by atoms with van der Waals surface area (Å²) in [6.45, 7) is 0. The molecule has 0 aliphatic heterocycles. The van der Waals surface area contributed by atoms with Crippen LogP contribution < -0.4 is 26.5 Å². The van der Waals surface area contributed by atoms with Crippen molar-refractivity contribution in [1.29, 1.82) is 0 Å². The summed E-state index contributed by atoms with van der Waals surface area (Å²) in [7, 11) is 1.30. The molecule has 0 N–H and O–H groups in total. The molecule has 8 aromatic rings. The van der Waals surface area contributed by atoms with Crippen LogP contribution in [0.1, 0.15) is 48.8 Å². The van der Waals surface area contributed by atoms with Gasteiger partial charge in [-0.1, -0.05) is 152 Å². The Morgan fingerprint density at radius 1 is 0.308 bits per heavy atom. The van der Waals surface area contributed by atoms with Gasteiger partial charge in [-0.05, 0) is 141 Å². The fourth-order valence-electron chi connectivity index (χ4n) is 7.43. The first-order valence-corrected chi connectivity index (χ1v) is 27.9. The first-order chi connectivity index (χ1) is 32.3.